The number of carbonyl (C=O) groups excluding carboxylic acids is 2. The molecule has 5 nitrogen and oxygen atoms in total. The Hall–Kier alpha value is -1.48. The Kier molecular flexibility index (Phi) is 3.70. The van der Waals surface area contributed by atoms with Crippen molar-refractivity contribution < 1.29 is 9.59 Å². The van der Waals surface area contributed by atoms with Crippen molar-refractivity contribution in [1.82, 2.24) is 14.8 Å². The van der Waals surface area contributed by atoms with Crippen molar-refractivity contribution in [1.29, 1.82) is 0 Å². The fraction of sp³-hybridized carbons (Fsp3) is 0.500. The Labute approximate surface area is 120 Å². The molecular weight excluding hydrogens is 273 g/mol. The third-order valence-corrected chi connectivity index (χ3v) is 4.31. The largest absolute Gasteiger partial charge is 0.337 e. The Balaban J connectivity index is 1.69. The van der Waals surface area contributed by atoms with Crippen LogP contribution in [0.15, 0.2) is 18.2 Å². The second-order valence-corrected chi connectivity index (χ2v) is 6.14. The Morgan fingerprint density at radius 2 is 2.10 bits per heavy atom. The van der Waals surface area contributed by atoms with Crippen LogP contribution in [-0.4, -0.2) is 51.9 Å². The van der Waals surface area contributed by atoms with Crippen LogP contribution in [0.2, 0.25) is 0 Å². The summed E-state index contributed by atoms with van der Waals surface area (Å²) in [5, 5.41) is 0. The van der Waals surface area contributed by atoms with Crippen molar-refractivity contribution in [2.75, 3.05) is 19.6 Å². The molecule has 0 bridgehead atoms. The van der Waals surface area contributed by atoms with E-state index in [-0.39, 0.29) is 17.5 Å². The van der Waals surface area contributed by atoms with Crippen LogP contribution in [-0.2, 0) is 11.3 Å². The fourth-order valence-electron chi connectivity index (χ4n) is 2.63. The quantitative estimate of drug-likeness (QED) is 0.614. The smallest absolute Gasteiger partial charge is 0.272 e. The molecule has 3 rings (SSSR count). The van der Waals surface area contributed by atoms with Crippen LogP contribution in [0.1, 0.15) is 29.0 Å². The molecule has 20 heavy (non-hydrogen) atoms. The molecule has 0 aliphatic carbocycles. The molecular formula is C14H18N3O2P. The third-order valence-electron chi connectivity index (χ3n) is 3.82. The predicted molar refractivity (Wildman–Crippen MR) is 78.3 cm³/mol. The lowest BCUT2D eigenvalue weighted by molar-refractivity contribution is -0.139. The number of nitrogens with zero attached hydrogens (tertiary/aromatic N) is 3. The van der Waals surface area contributed by atoms with E-state index in [0.717, 1.165) is 38.2 Å². The molecule has 2 fully saturated rings. The van der Waals surface area contributed by atoms with Gasteiger partial charge in [0, 0.05) is 19.6 Å². The molecule has 6 heteroatoms. The first-order chi connectivity index (χ1) is 9.65. The first-order valence-corrected chi connectivity index (χ1v) is 7.61. The zero-order valence-corrected chi connectivity index (χ0v) is 12.4. The summed E-state index contributed by atoms with van der Waals surface area (Å²) in [5.41, 5.74) is 1.31. The molecule has 0 radical (unpaired) electrons. The van der Waals surface area contributed by atoms with E-state index in [9.17, 15) is 9.59 Å². The van der Waals surface area contributed by atoms with Gasteiger partial charge in [-0.3, -0.25) is 9.59 Å². The van der Waals surface area contributed by atoms with Gasteiger partial charge in [0.05, 0.1) is 17.9 Å². The molecule has 2 amide bonds. The lowest BCUT2D eigenvalue weighted by Gasteiger charge is -2.36. The molecule has 1 aromatic heterocycles. The van der Waals surface area contributed by atoms with Crippen molar-refractivity contribution in [3.8, 4) is 0 Å². The molecule has 0 saturated carbocycles. The number of likely N-dealkylation sites (tertiary alicyclic amines) is 2. The van der Waals surface area contributed by atoms with Gasteiger partial charge < -0.3 is 9.80 Å². The molecule has 2 aliphatic rings. The van der Waals surface area contributed by atoms with Crippen molar-refractivity contribution >= 4 is 21.1 Å². The third kappa shape index (κ3) is 2.55. The van der Waals surface area contributed by atoms with Gasteiger partial charge in [0.15, 0.2) is 0 Å². The van der Waals surface area contributed by atoms with Gasteiger partial charge in [0.25, 0.3) is 5.91 Å². The van der Waals surface area contributed by atoms with E-state index in [1.165, 1.54) is 0 Å². The molecule has 2 saturated heterocycles. The second kappa shape index (κ2) is 5.49. The summed E-state index contributed by atoms with van der Waals surface area (Å²) in [6.45, 7) is 2.88. The number of hydrogen-bond acceptors (Lipinski definition) is 3. The summed E-state index contributed by atoms with van der Waals surface area (Å²) in [6.07, 6.45) is 2.15. The summed E-state index contributed by atoms with van der Waals surface area (Å²) in [4.78, 5) is 31.9. The molecule has 3 heterocycles. The normalized spacial score (nSPS) is 22.1. The molecule has 1 aromatic rings. The van der Waals surface area contributed by atoms with Crippen LogP contribution in [0.4, 0.5) is 0 Å². The summed E-state index contributed by atoms with van der Waals surface area (Å²) >= 11 is 0. The second-order valence-electron chi connectivity index (χ2n) is 5.34. The first-order valence-electron chi connectivity index (χ1n) is 6.95. The van der Waals surface area contributed by atoms with Crippen LogP contribution in [0.25, 0.3) is 0 Å². The lowest BCUT2D eigenvalue weighted by atomic mass is 10.1. The molecule has 2 aliphatic heterocycles. The van der Waals surface area contributed by atoms with Crippen molar-refractivity contribution in [2.24, 2.45) is 0 Å². The van der Waals surface area contributed by atoms with Gasteiger partial charge in [-0.2, -0.15) is 0 Å². The molecule has 0 N–H and O–H groups in total. The van der Waals surface area contributed by atoms with Gasteiger partial charge >= 0.3 is 0 Å². The highest BCUT2D eigenvalue weighted by Crippen LogP contribution is 2.20. The Bertz CT molecular complexity index is 543. The Morgan fingerprint density at radius 3 is 2.75 bits per heavy atom. The number of amides is 2. The zero-order valence-electron chi connectivity index (χ0n) is 11.3. The summed E-state index contributed by atoms with van der Waals surface area (Å²) in [7, 11) is 2.53. The van der Waals surface area contributed by atoms with Crippen molar-refractivity contribution in [3.05, 3.63) is 29.6 Å². The fourth-order valence-corrected chi connectivity index (χ4v) is 3.10. The van der Waals surface area contributed by atoms with Gasteiger partial charge in [-0.05, 0) is 25.0 Å². The number of pyridine rings is 1. The van der Waals surface area contributed by atoms with Crippen molar-refractivity contribution in [3.63, 3.8) is 0 Å². The minimum absolute atomic E-state index is 0.00297. The van der Waals surface area contributed by atoms with Gasteiger partial charge in [0.1, 0.15) is 5.69 Å². The van der Waals surface area contributed by atoms with E-state index < -0.39 is 0 Å². The van der Waals surface area contributed by atoms with Crippen LogP contribution in [0.5, 0.6) is 0 Å². The SMILES string of the molecule is O=C(c1cccc(CN2CC(P)C2=O)n1)N1CCCC1. The summed E-state index contributed by atoms with van der Waals surface area (Å²) in [5.74, 6) is 0.135. The van der Waals surface area contributed by atoms with Gasteiger partial charge in [-0.15, -0.1) is 9.24 Å². The van der Waals surface area contributed by atoms with E-state index >= 15 is 0 Å². The number of aromatic nitrogens is 1. The molecule has 0 spiro atoms. The highest BCUT2D eigenvalue weighted by Gasteiger charge is 2.33. The lowest BCUT2D eigenvalue weighted by Crippen LogP contribution is -2.52. The highest BCUT2D eigenvalue weighted by molar-refractivity contribution is 7.19. The minimum atomic E-state index is 0.00297. The monoisotopic (exact) mass is 291 g/mol. The standard InChI is InChI=1S/C14H18N3O2P/c18-13(16-6-1-2-7-16)11-5-3-4-10(15-11)8-17-9-12(20)14(17)19/h3-5,12H,1-2,6-9,20H2. The zero-order chi connectivity index (χ0) is 14.1. The summed E-state index contributed by atoms with van der Waals surface area (Å²) in [6, 6.07) is 5.46. The van der Waals surface area contributed by atoms with Gasteiger partial charge in [-0.1, -0.05) is 6.07 Å². The maximum Gasteiger partial charge on any atom is 0.272 e. The van der Waals surface area contributed by atoms with Crippen LogP contribution < -0.4 is 0 Å². The van der Waals surface area contributed by atoms with Crippen LogP contribution >= 0.6 is 9.24 Å². The van der Waals surface area contributed by atoms with E-state index in [1.807, 2.05) is 17.0 Å². The summed E-state index contributed by atoms with van der Waals surface area (Å²) < 4.78 is 0. The average molecular weight is 291 g/mol. The number of β-lactam (4-membered cyclic amide) rings is 1. The molecule has 0 aromatic carbocycles. The minimum Gasteiger partial charge on any atom is -0.337 e. The maximum atomic E-state index is 12.3. The van der Waals surface area contributed by atoms with E-state index in [1.54, 1.807) is 11.0 Å². The van der Waals surface area contributed by atoms with E-state index in [2.05, 4.69) is 14.2 Å². The number of hydrogen-bond donors (Lipinski definition) is 0. The molecule has 2 atom stereocenters. The van der Waals surface area contributed by atoms with Gasteiger partial charge in [0.2, 0.25) is 5.91 Å². The van der Waals surface area contributed by atoms with E-state index in [4.69, 9.17) is 0 Å². The predicted octanol–water partition coefficient (Wildman–Crippen LogP) is 0.903. The maximum absolute atomic E-state index is 12.3. The van der Waals surface area contributed by atoms with Crippen LogP contribution in [0, 0.1) is 0 Å². The van der Waals surface area contributed by atoms with Crippen molar-refractivity contribution in [2.45, 2.75) is 25.0 Å². The highest BCUT2D eigenvalue weighted by atomic mass is 31.0. The van der Waals surface area contributed by atoms with Crippen LogP contribution in [0.3, 0.4) is 0 Å². The van der Waals surface area contributed by atoms with E-state index in [0.29, 0.717) is 12.2 Å². The molecule has 2 unspecified atom stereocenters. The van der Waals surface area contributed by atoms with Gasteiger partial charge in [-0.25, -0.2) is 4.98 Å². The number of carbonyl (C=O) groups is 2. The Morgan fingerprint density at radius 1 is 1.35 bits per heavy atom. The topological polar surface area (TPSA) is 53.5 Å². The first kappa shape index (κ1) is 13.5. The number of rotatable bonds is 3. The molecule has 106 valence electrons. The average Bonchev–Trinajstić information content (AvgIpc) is 3.00.